The lowest BCUT2D eigenvalue weighted by Gasteiger charge is -2.35. The van der Waals surface area contributed by atoms with E-state index < -0.39 is 0 Å². The molecule has 1 aromatic rings. The maximum absolute atomic E-state index is 12.8. The molecule has 7 heteroatoms. The Bertz CT molecular complexity index is 711. The molecular formula is C23H37N5O2. The van der Waals surface area contributed by atoms with E-state index in [-0.39, 0.29) is 18.1 Å². The van der Waals surface area contributed by atoms with Gasteiger partial charge in [0.25, 0.3) is 5.91 Å². The number of ether oxygens (including phenoxy) is 1. The maximum atomic E-state index is 12.8. The molecule has 0 aliphatic carbocycles. The third kappa shape index (κ3) is 5.95. The first-order chi connectivity index (χ1) is 14.5. The van der Waals surface area contributed by atoms with Crippen LogP contribution >= 0.6 is 0 Å². The van der Waals surface area contributed by atoms with E-state index in [2.05, 4.69) is 27.4 Å². The standard InChI is InChI=1S/C23H37N5O2/c1-5-27-12-6-7-21(27)14-26-23(24-4)25-13-19-8-10-20(11-9-19)22(29)28-15-17(2)30-18(3)16-28/h8-11,17-18,21H,5-7,12-16H2,1-4H3,(H2,24,25,26). The van der Waals surface area contributed by atoms with Gasteiger partial charge in [-0.3, -0.25) is 14.7 Å². The van der Waals surface area contributed by atoms with E-state index in [0.29, 0.717) is 25.7 Å². The second-order valence-electron chi connectivity index (χ2n) is 8.40. The fourth-order valence-electron chi connectivity index (χ4n) is 4.45. The molecule has 1 amide bonds. The average Bonchev–Trinajstić information content (AvgIpc) is 3.20. The van der Waals surface area contributed by atoms with Crippen molar-refractivity contribution in [3.05, 3.63) is 35.4 Å². The lowest BCUT2D eigenvalue weighted by Crippen LogP contribution is -2.48. The van der Waals surface area contributed by atoms with Crippen molar-refractivity contribution in [3.8, 4) is 0 Å². The zero-order valence-electron chi connectivity index (χ0n) is 18.9. The van der Waals surface area contributed by atoms with Crippen molar-refractivity contribution >= 4 is 11.9 Å². The van der Waals surface area contributed by atoms with E-state index in [1.54, 1.807) is 7.05 Å². The summed E-state index contributed by atoms with van der Waals surface area (Å²) in [5, 5.41) is 6.83. The summed E-state index contributed by atoms with van der Waals surface area (Å²) in [6.45, 7) is 11.4. The zero-order valence-corrected chi connectivity index (χ0v) is 18.9. The highest BCUT2D eigenvalue weighted by Gasteiger charge is 2.26. The number of aliphatic imine (C=N–C) groups is 1. The molecule has 1 aromatic carbocycles. The number of hydrogen-bond acceptors (Lipinski definition) is 4. The largest absolute Gasteiger partial charge is 0.372 e. The molecule has 3 unspecified atom stereocenters. The van der Waals surface area contributed by atoms with Gasteiger partial charge in [-0.05, 0) is 57.5 Å². The Morgan fingerprint density at radius 2 is 1.87 bits per heavy atom. The number of carbonyl (C=O) groups is 1. The van der Waals surface area contributed by atoms with Crippen LogP contribution in [0.4, 0.5) is 0 Å². The van der Waals surface area contributed by atoms with E-state index >= 15 is 0 Å². The van der Waals surface area contributed by atoms with E-state index in [4.69, 9.17) is 4.74 Å². The summed E-state index contributed by atoms with van der Waals surface area (Å²) in [6.07, 6.45) is 2.68. The van der Waals surface area contributed by atoms with Crippen LogP contribution in [0.25, 0.3) is 0 Å². The molecule has 2 aliphatic rings. The summed E-state index contributed by atoms with van der Waals surface area (Å²) >= 11 is 0. The maximum Gasteiger partial charge on any atom is 0.254 e. The Labute approximate surface area is 180 Å². The highest BCUT2D eigenvalue weighted by molar-refractivity contribution is 5.94. The second kappa shape index (κ2) is 10.8. The van der Waals surface area contributed by atoms with Gasteiger partial charge in [0, 0.05) is 44.8 Å². The third-order valence-corrected chi connectivity index (χ3v) is 6.00. The van der Waals surface area contributed by atoms with Gasteiger partial charge in [-0.15, -0.1) is 0 Å². The molecule has 3 rings (SSSR count). The number of likely N-dealkylation sites (tertiary alicyclic amines) is 1. The predicted octanol–water partition coefficient (Wildman–Crippen LogP) is 2.09. The first kappa shape index (κ1) is 22.6. The molecular weight excluding hydrogens is 378 g/mol. The van der Waals surface area contributed by atoms with Crippen molar-refractivity contribution in [2.75, 3.05) is 39.8 Å². The number of nitrogens with one attached hydrogen (secondary N) is 2. The number of likely N-dealkylation sites (N-methyl/N-ethyl adjacent to an activating group) is 1. The van der Waals surface area contributed by atoms with Gasteiger partial charge < -0.3 is 20.3 Å². The van der Waals surface area contributed by atoms with E-state index in [0.717, 1.165) is 30.2 Å². The SMILES string of the molecule is CCN1CCCC1CNC(=NC)NCc1ccc(C(=O)N2CC(C)OC(C)C2)cc1. The summed E-state index contributed by atoms with van der Waals surface area (Å²) in [4.78, 5) is 21.5. The molecule has 0 bridgehead atoms. The summed E-state index contributed by atoms with van der Waals surface area (Å²) in [7, 11) is 1.80. The van der Waals surface area contributed by atoms with E-state index in [9.17, 15) is 4.79 Å². The van der Waals surface area contributed by atoms with Crippen molar-refractivity contribution in [2.24, 2.45) is 4.99 Å². The van der Waals surface area contributed by atoms with Gasteiger partial charge in [0.05, 0.1) is 12.2 Å². The van der Waals surface area contributed by atoms with Crippen LogP contribution in [-0.4, -0.2) is 79.7 Å². The fourth-order valence-corrected chi connectivity index (χ4v) is 4.45. The van der Waals surface area contributed by atoms with Crippen LogP contribution in [-0.2, 0) is 11.3 Å². The number of amides is 1. The second-order valence-corrected chi connectivity index (χ2v) is 8.40. The molecule has 2 aliphatic heterocycles. The van der Waals surface area contributed by atoms with Crippen molar-refractivity contribution in [3.63, 3.8) is 0 Å². The van der Waals surface area contributed by atoms with Crippen LogP contribution in [0.3, 0.4) is 0 Å². The fraction of sp³-hybridized carbons (Fsp3) is 0.652. The number of guanidine groups is 1. The molecule has 0 aromatic heterocycles. The van der Waals surface area contributed by atoms with Crippen LogP contribution in [0.2, 0.25) is 0 Å². The molecule has 2 fully saturated rings. The molecule has 2 saturated heterocycles. The smallest absolute Gasteiger partial charge is 0.254 e. The minimum Gasteiger partial charge on any atom is -0.372 e. The van der Waals surface area contributed by atoms with Gasteiger partial charge in [0.1, 0.15) is 0 Å². The van der Waals surface area contributed by atoms with Gasteiger partial charge in [-0.25, -0.2) is 0 Å². The van der Waals surface area contributed by atoms with Crippen molar-refractivity contribution in [1.29, 1.82) is 0 Å². The molecule has 0 radical (unpaired) electrons. The van der Waals surface area contributed by atoms with Crippen LogP contribution < -0.4 is 10.6 Å². The molecule has 7 nitrogen and oxygen atoms in total. The monoisotopic (exact) mass is 415 g/mol. The quantitative estimate of drug-likeness (QED) is 0.550. The number of benzene rings is 1. The highest BCUT2D eigenvalue weighted by Crippen LogP contribution is 2.16. The first-order valence-electron chi connectivity index (χ1n) is 11.2. The van der Waals surface area contributed by atoms with Crippen molar-refractivity contribution in [2.45, 2.75) is 58.4 Å². The number of nitrogens with zero attached hydrogens (tertiary/aromatic N) is 3. The molecule has 3 atom stereocenters. The summed E-state index contributed by atoms with van der Waals surface area (Å²) < 4.78 is 5.73. The van der Waals surface area contributed by atoms with Crippen LogP contribution in [0.15, 0.2) is 29.3 Å². The minimum absolute atomic E-state index is 0.0750. The number of hydrogen-bond donors (Lipinski definition) is 2. The van der Waals surface area contributed by atoms with E-state index in [1.165, 1.54) is 19.4 Å². The van der Waals surface area contributed by atoms with Gasteiger partial charge >= 0.3 is 0 Å². The van der Waals surface area contributed by atoms with E-state index in [1.807, 2.05) is 43.0 Å². The normalized spacial score (nSPS) is 25.4. The lowest BCUT2D eigenvalue weighted by molar-refractivity contribution is -0.0586. The predicted molar refractivity (Wildman–Crippen MR) is 121 cm³/mol. The zero-order chi connectivity index (χ0) is 21.5. The molecule has 166 valence electrons. The number of rotatable bonds is 6. The van der Waals surface area contributed by atoms with Gasteiger partial charge in [0.15, 0.2) is 5.96 Å². The topological polar surface area (TPSA) is 69.2 Å². The molecule has 2 heterocycles. The Kier molecular flexibility index (Phi) is 8.10. The minimum atomic E-state index is 0.0750. The van der Waals surface area contributed by atoms with Crippen LogP contribution in [0, 0.1) is 0 Å². The number of carbonyl (C=O) groups excluding carboxylic acids is 1. The van der Waals surface area contributed by atoms with Crippen molar-refractivity contribution in [1.82, 2.24) is 20.4 Å². The first-order valence-corrected chi connectivity index (χ1v) is 11.2. The van der Waals surface area contributed by atoms with Gasteiger partial charge in [-0.1, -0.05) is 19.1 Å². The average molecular weight is 416 g/mol. The Balaban J connectivity index is 1.48. The lowest BCUT2D eigenvalue weighted by atomic mass is 10.1. The van der Waals surface area contributed by atoms with Crippen LogP contribution in [0.1, 0.15) is 49.5 Å². The Morgan fingerprint density at radius 3 is 2.50 bits per heavy atom. The van der Waals surface area contributed by atoms with Gasteiger partial charge in [0.2, 0.25) is 0 Å². The molecule has 0 spiro atoms. The third-order valence-electron chi connectivity index (χ3n) is 6.00. The highest BCUT2D eigenvalue weighted by atomic mass is 16.5. The Hall–Kier alpha value is -2.12. The van der Waals surface area contributed by atoms with Gasteiger partial charge in [-0.2, -0.15) is 0 Å². The summed E-state index contributed by atoms with van der Waals surface area (Å²) in [6, 6.07) is 8.44. The van der Waals surface area contributed by atoms with Crippen molar-refractivity contribution < 1.29 is 9.53 Å². The summed E-state index contributed by atoms with van der Waals surface area (Å²) in [5.74, 6) is 0.889. The molecule has 0 saturated carbocycles. The number of morpholine rings is 1. The molecule has 30 heavy (non-hydrogen) atoms. The molecule has 2 N–H and O–H groups in total. The Morgan fingerprint density at radius 1 is 1.17 bits per heavy atom. The van der Waals surface area contributed by atoms with Crippen LogP contribution in [0.5, 0.6) is 0 Å². The summed E-state index contributed by atoms with van der Waals surface area (Å²) in [5.41, 5.74) is 1.85.